The van der Waals surface area contributed by atoms with Gasteiger partial charge in [-0.05, 0) is 53.6 Å². The molecule has 43 heavy (non-hydrogen) atoms. The standard InChI is InChI=1S/C30H22O13/c31-14-4-1-10(7-17(14)34)27-25(40)20(12-3-6-16(33)22(37)29(12)42-27)13-9-19(36)23(38)30-21(13)24(39)26(41)28(43-30)11-2-5-15(32)18(35)8-11/h1-9,20,25,27,31-38,40-41H/t20-,25-,27-/m1/s1. The van der Waals surface area contributed by atoms with Gasteiger partial charge in [-0.3, -0.25) is 4.79 Å². The number of aromatic hydroxyl groups is 9. The molecule has 0 amide bonds. The third-order valence-corrected chi connectivity index (χ3v) is 7.40. The average Bonchev–Trinajstić information content (AvgIpc) is 2.97. The summed E-state index contributed by atoms with van der Waals surface area (Å²) in [5, 5.41) is 104. The molecule has 220 valence electrons. The predicted octanol–water partition coefficient (Wildman–Crippen LogP) is 3.44. The smallest absolute Gasteiger partial charge is 0.235 e. The van der Waals surface area contributed by atoms with Crippen LogP contribution in [0.5, 0.6) is 57.5 Å². The molecule has 0 fully saturated rings. The molecule has 4 aromatic carbocycles. The number of phenolic OH excluding ortho intramolecular Hbond substituents is 8. The molecule has 2 heterocycles. The lowest BCUT2D eigenvalue weighted by Gasteiger charge is -2.38. The van der Waals surface area contributed by atoms with Crippen LogP contribution in [0.2, 0.25) is 0 Å². The van der Waals surface area contributed by atoms with Gasteiger partial charge in [0.15, 0.2) is 57.7 Å². The number of benzene rings is 4. The Hall–Kier alpha value is -5.95. The Morgan fingerprint density at radius 2 is 1.26 bits per heavy atom. The van der Waals surface area contributed by atoms with Gasteiger partial charge in [-0.2, -0.15) is 0 Å². The number of ether oxygens (including phenoxy) is 1. The molecule has 0 saturated carbocycles. The second-order valence-electron chi connectivity index (χ2n) is 9.96. The van der Waals surface area contributed by atoms with E-state index in [2.05, 4.69) is 0 Å². The highest BCUT2D eigenvalue weighted by molar-refractivity contribution is 5.92. The van der Waals surface area contributed by atoms with Gasteiger partial charge < -0.3 is 60.2 Å². The highest BCUT2D eigenvalue weighted by atomic mass is 16.5. The molecule has 0 aliphatic carbocycles. The minimum absolute atomic E-state index is 0.0277. The summed E-state index contributed by atoms with van der Waals surface area (Å²) < 4.78 is 11.5. The fourth-order valence-corrected chi connectivity index (χ4v) is 5.30. The molecule has 0 saturated heterocycles. The Bertz CT molecular complexity index is 2010. The van der Waals surface area contributed by atoms with Gasteiger partial charge in [0, 0.05) is 17.0 Å². The molecule has 1 aromatic heterocycles. The van der Waals surface area contributed by atoms with E-state index in [9.17, 15) is 55.9 Å². The molecule has 6 rings (SSSR count). The van der Waals surface area contributed by atoms with Crippen molar-refractivity contribution in [2.24, 2.45) is 0 Å². The van der Waals surface area contributed by atoms with Crippen LogP contribution in [-0.2, 0) is 0 Å². The van der Waals surface area contributed by atoms with E-state index in [1.54, 1.807) is 0 Å². The lowest BCUT2D eigenvalue weighted by atomic mass is 9.78. The zero-order valence-electron chi connectivity index (χ0n) is 21.6. The van der Waals surface area contributed by atoms with Crippen molar-refractivity contribution in [2.45, 2.75) is 18.1 Å². The van der Waals surface area contributed by atoms with E-state index in [1.165, 1.54) is 18.2 Å². The number of rotatable bonds is 3. The second kappa shape index (κ2) is 9.56. The molecule has 0 spiro atoms. The molecular weight excluding hydrogens is 568 g/mol. The third kappa shape index (κ3) is 4.09. The van der Waals surface area contributed by atoms with Gasteiger partial charge in [-0.1, -0.05) is 12.1 Å². The van der Waals surface area contributed by atoms with Crippen LogP contribution in [0.4, 0.5) is 0 Å². The van der Waals surface area contributed by atoms with Crippen LogP contribution >= 0.6 is 0 Å². The van der Waals surface area contributed by atoms with Gasteiger partial charge in [-0.15, -0.1) is 0 Å². The van der Waals surface area contributed by atoms with Gasteiger partial charge in [0.1, 0.15) is 6.10 Å². The van der Waals surface area contributed by atoms with Crippen molar-refractivity contribution in [2.75, 3.05) is 0 Å². The first-order valence-corrected chi connectivity index (χ1v) is 12.6. The monoisotopic (exact) mass is 590 g/mol. The maximum atomic E-state index is 13.7. The lowest BCUT2D eigenvalue weighted by molar-refractivity contribution is 0.00669. The SMILES string of the molecule is O=c1c(O)c(-c2ccc(O)c(O)c2)oc2c(O)c(O)cc([C@H]3c4ccc(O)c(O)c4O[C@H](c4ccc(O)c(O)c4)[C@@H]3O)c12. The van der Waals surface area contributed by atoms with Gasteiger partial charge >= 0.3 is 0 Å². The van der Waals surface area contributed by atoms with Crippen LogP contribution in [0.3, 0.4) is 0 Å². The quantitative estimate of drug-likeness (QED) is 0.136. The lowest BCUT2D eigenvalue weighted by Crippen LogP contribution is -2.35. The topological polar surface area (TPSA) is 242 Å². The van der Waals surface area contributed by atoms with Gasteiger partial charge in [0.25, 0.3) is 0 Å². The van der Waals surface area contributed by atoms with Crippen molar-refractivity contribution in [3.8, 4) is 68.8 Å². The number of hydrogen-bond acceptors (Lipinski definition) is 13. The van der Waals surface area contributed by atoms with Crippen molar-refractivity contribution in [3.05, 3.63) is 81.5 Å². The minimum Gasteiger partial charge on any atom is -0.504 e. The summed E-state index contributed by atoms with van der Waals surface area (Å²) in [5.74, 6) is -8.29. The van der Waals surface area contributed by atoms with Crippen LogP contribution in [-0.4, -0.2) is 57.2 Å². The van der Waals surface area contributed by atoms with Crippen molar-refractivity contribution in [1.82, 2.24) is 0 Å². The Kier molecular flexibility index (Phi) is 6.06. The van der Waals surface area contributed by atoms with E-state index in [0.29, 0.717) is 0 Å². The molecule has 10 N–H and O–H groups in total. The van der Waals surface area contributed by atoms with E-state index >= 15 is 0 Å². The van der Waals surface area contributed by atoms with Crippen molar-refractivity contribution in [3.63, 3.8) is 0 Å². The van der Waals surface area contributed by atoms with Crippen LogP contribution in [0.15, 0.2) is 63.8 Å². The van der Waals surface area contributed by atoms with Crippen molar-refractivity contribution >= 4 is 11.0 Å². The molecule has 5 aromatic rings. The fraction of sp³-hybridized carbons (Fsp3) is 0.100. The zero-order valence-corrected chi connectivity index (χ0v) is 21.6. The first-order valence-electron chi connectivity index (χ1n) is 12.6. The zero-order chi connectivity index (χ0) is 30.9. The summed E-state index contributed by atoms with van der Waals surface area (Å²) in [6.45, 7) is 0. The van der Waals surface area contributed by atoms with Crippen LogP contribution in [0, 0.1) is 0 Å². The minimum atomic E-state index is -1.65. The second-order valence-corrected chi connectivity index (χ2v) is 9.96. The maximum Gasteiger partial charge on any atom is 0.235 e. The average molecular weight is 590 g/mol. The number of phenols is 8. The summed E-state index contributed by atoms with van der Waals surface area (Å²) >= 11 is 0. The molecule has 13 heteroatoms. The van der Waals surface area contributed by atoms with E-state index in [0.717, 1.165) is 36.4 Å². The Morgan fingerprint density at radius 1 is 0.605 bits per heavy atom. The highest BCUT2D eigenvalue weighted by Gasteiger charge is 2.43. The highest BCUT2D eigenvalue weighted by Crippen LogP contribution is 2.54. The Labute approximate surface area is 239 Å². The summed E-state index contributed by atoms with van der Waals surface area (Å²) in [4.78, 5) is 13.7. The molecule has 3 atom stereocenters. The Balaban J connectivity index is 1.65. The number of aliphatic hydroxyl groups is 1. The van der Waals surface area contributed by atoms with Gasteiger partial charge in [0.05, 0.1) is 5.39 Å². The summed E-state index contributed by atoms with van der Waals surface area (Å²) in [6.07, 6.45) is -3.05. The first kappa shape index (κ1) is 27.2. The molecule has 0 radical (unpaired) electrons. The summed E-state index contributed by atoms with van der Waals surface area (Å²) in [5.41, 5.74) is -1.85. The summed E-state index contributed by atoms with van der Waals surface area (Å²) in [7, 11) is 0. The molecule has 1 aliphatic rings. The van der Waals surface area contributed by atoms with Crippen molar-refractivity contribution < 1.29 is 60.2 Å². The molecule has 0 bridgehead atoms. The Morgan fingerprint density at radius 3 is 1.93 bits per heavy atom. The largest absolute Gasteiger partial charge is 0.504 e. The van der Waals surface area contributed by atoms with Crippen LogP contribution in [0.1, 0.15) is 28.7 Å². The predicted molar refractivity (Wildman–Crippen MR) is 147 cm³/mol. The van der Waals surface area contributed by atoms with E-state index in [-0.39, 0.29) is 28.0 Å². The van der Waals surface area contributed by atoms with E-state index < -0.39 is 92.0 Å². The third-order valence-electron chi connectivity index (χ3n) is 7.40. The van der Waals surface area contributed by atoms with Crippen LogP contribution < -0.4 is 10.2 Å². The van der Waals surface area contributed by atoms with E-state index in [4.69, 9.17) is 9.15 Å². The van der Waals surface area contributed by atoms with Crippen molar-refractivity contribution in [1.29, 1.82) is 0 Å². The van der Waals surface area contributed by atoms with Crippen LogP contribution in [0.25, 0.3) is 22.3 Å². The first-order chi connectivity index (χ1) is 20.4. The summed E-state index contributed by atoms with van der Waals surface area (Å²) in [6, 6.07) is 10.2. The van der Waals surface area contributed by atoms with E-state index in [1.807, 2.05) is 0 Å². The molecule has 13 nitrogen and oxygen atoms in total. The number of aliphatic hydroxyl groups excluding tert-OH is 1. The van der Waals surface area contributed by atoms with Gasteiger partial charge in [0.2, 0.25) is 22.7 Å². The fourth-order valence-electron chi connectivity index (χ4n) is 5.30. The van der Waals surface area contributed by atoms with Gasteiger partial charge in [-0.25, -0.2) is 0 Å². The maximum absolute atomic E-state index is 13.7. The number of hydrogen-bond donors (Lipinski definition) is 10. The normalized spacial score (nSPS) is 17.8. The molecule has 0 unspecified atom stereocenters. The number of fused-ring (bicyclic) bond motifs is 2. The molecule has 1 aliphatic heterocycles. The molecular formula is C30H22O13.